The number of anilines is 2. The maximum absolute atomic E-state index is 13.8. The molecule has 7 rings (SSSR count). The Morgan fingerprint density at radius 1 is 0.917 bits per heavy atom. The highest BCUT2D eigenvalue weighted by molar-refractivity contribution is 7.90. The number of amides is 3. The van der Waals surface area contributed by atoms with Gasteiger partial charge in [-0.25, -0.2) is 18.4 Å². The lowest BCUT2D eigenvalue weighted by Crippen LogP contribution is -2.26. The highest BCUT2D eigenvalue weighted by atomic mass is 32.2. The third kappa shape index (κ3) is 8.48. The van der Waals surface area contributed by atoms with Crippen LogP contribution in [0.3, 0.4) is 0 Å². The topological polar surface area (TPSA) is 271 Å². The molecule has 20 nitrogen and oxygen atoms in total. The molecular formula is C39H48N12O8S. The average molecular weight is 845 g/mol. The number of aryl methyl sites for hydroxylation is 5. The average Bonchev–Trinajstić information content (AvgIpc) is 3.96. The number of primary amides is 2. The van der Waals surface area contributed by atoms with E-state index >= 15 is 0 Å². The summed E-state index contributed by atoms with van der Waals surface area (Å²) in [6.45, 7) is 8.88. The molecule has 0 radical (unpaired) electrons. The van der Waals surface area contributed by atoms with Crippen LogP contribution < -0.4 is 31.6 Å². The number of benzene rings is 2. The highest BCUT2D eigenvalue weighted by Crippen LogP contribution is 2.40. The Morgan fingerprint density at radius 2 is 1.57 bits per heavy atom. The number of sulfone groups is 1. The molecule has 0 fully saturated rings. The van der Waals surface area contributed by atoms with E-state index < -0.39 is 33.8 Å². The van der Waals surface area contributed by atoms with E-state index in [1.165, 1.54) is 12.1 Å². The van der Waals surface area contributed by atoms with Crippen LogP contribution in [0.4, 0.5) is 11.9 Å². The zero-order valence-corrected chi connectivity index (χ0v) is 34.7. The van der Waals surface area contributed by atoms with Gasteiger partial charge in [0, 0.05) is 37.0 Å². The monoisotopic (exact) mass is 844 g/mol. The number of rotatable bonds is 18. The zero-order valence-electron chi connectivity index (χ0n) is 33.9. The molecule has 7 N–H and O–H groups in total. The molecule has 0 spiro atoms. The number of nitrogens with one attached hydrogen (secondary N) is 2. The first-order valence-corrected chi connectivity index (χ1v) is 21.6. The first-order chi connectivity index (χ1) is 28.5. The van der Waals surface area contributed by atoms with E-state index in [-0.39, 0.29) is 60.8 Å². The Balaban J connectivity index is 1.25. The van der Waals surface area contributed by atoms with Gasteiger partial charge in [0.25, 0.3) is 5.91 Å². The minimum absolute atomic E-state index is 0.0133. The summed E-state index contributed by atoms with van der Waals surface area (Å²) >= 11 is 0. The SMILES string of the molecule is CCn1nc(C)cc1C(=O)Nc1nc2cc(C(N)=O)cc(OCCCS(C)(=O)=O)c2n1CCC[C@H]1COc2cc(C(N)=O)cc3nc(NC(O)c4cc(C)nn4CC)n1c23. The van der Waals surface area contributed by atoms with Gasteiger partial charge in [-0.15, -0.1) is 0 Å². The number of nitrogens with zero attached hydrogens (tertiary/aromatic N) is 8. The molecule has 3 amide bonds. The standard InChI is InChI=1S/C39H48N12O8S/c1-6-49-28(14-21(3)46-49)36(54)44-38-42-26-16-23(34(40)52)18-30(58-12-9-13-60(5,56)57)32(26)48(38)11-8-10-25-20-59-31-19-24(35(41)53)17-27-33(31)51(25)39(43-27)45-37(55)29-15-22(4)47-50(29)7-2/h14-19,25,37,55H,6-13,20H2,1-5H3,(H2,40,52)(H2,41,53)(H,43,45)(H,42,44,54)/t25-,37?/m0/s1. The molecule has 21 heteroatoms. The van der Waals surface area contributed by atoms with Crippen molar-refractivity contribution in [1.29, 1.82) is 0 Å². The van der Waals surface area contributed by atoms with Crippen molar-refractivity contribution in [3.63, 3.8) is 0 Å². The molecule has 0 bridgehead atoms. The van der Waals surface area contributed by atoms with Gasteiger partial charge in [-0.2, -0.15) is 10.2 Å². The predicted octanol–water partition coefficient (Wildman–Crippen LogP) is 3.22. The van der Waals surface area contributed by atoms with Crippen molar-refractivity contribution in [1.82, 2.24) is 38.7 Å². The summed E-state index contributed by atoms with van der Waals surface area (Å²) in [6.07, 6.45) is 1.10. The van der Waals surface area contributed by atoms with Crippen LogP contribution in [0.2, 0.25) is 0 Å². The molecule has 0 saturated carbocycles. The van der Waals surface area contributed by atoms with Gasteiger partial charge in [-0.1, -0.05) is 0 Å². The van der Waals surface area contributed by atoms with E-state index in [4.69, 9.17) is 30.9 Å². The van der Waals surface area contributed by atoms with Crippen molar-refractivity contribution in [2.24, 2.45) is 11.5 Å². The van der Waals surface area contributed by atoms with Gasteiger partial charge in [0.1, 0.15) is 44.7 Å². The van der Waals surface area contributed by atoms with Crippen LogP contribution in [0.15, 0.2) is 36.4 Å². The number of carbonyl (C=O) groups is 3. The Kier molecular flexibility index (Phi) is 11.6. The smallest absolute Gasteiger partial charge is 0.276 e. The molecule has 4 aromatic heterocycles. The van der Waals surface area contributed by atoms with E-state index in [0.717, 1.165) is 11.9 Å². The number of fused-ring (bicyclic) bond motifs is 1. The number of aliphatic hydroxyl groups is 1. The van der Waals surface area contributed by atoms with Gasteiger partial charge in [0.05, 0.1) is 46.5 Å². The normalized spacial score (nSPS) is 14.3. The fraction of sp³-hybridized carbons (Fsp3) is 0.410. The Hall–Kier alpha value is -6.48. The quantitative estimate of drug-likeness (QED) is 0.0615. The number of aromatic nitrogens is 8. The van der Waals surface area contributed by atoms with Crippen LogP contribution in [0.5, 0.6) is 11.5 Å². The second-order valence-corrected chi connectivity index (χ2v) is 17.0. The second-order valence-electron chi connectivity index (χ2n) is 14.8. The van der Waals surface area contributed by atoms with Gasteiger partial charge < -0.3 is 40.5 Å². The molecule has 0 saturated heterocycles. The number of aliphatic hydroxyl groups excluding tert-OH is 1. The fourth-order valence-corrected chi connectivity index (χ4v) is 8.17. The van der Waals surface area contributed by atoms with E-state index in [1.807, 2.05) is 25.3 Å². The van der Waals surface area contributed by atoms with Crippen LogP contribution in [0.1, 0.15) is 93.7 Å². The number of hydrogen-bond donors (Lipinski definition) is 5. The summed E-state index contributed by atoms with van der Waals surface area (Å²) in [4.78, 5) is 48.0. The molecule has 1 unspecified atom stereocenters. The van der Waals surface area contributed by atoms with Gasteiger partial charge in [0.15, 0.2) is 6.23 Å². The number of ether oxygens (including phenoxy) is 2. The molecule has 2 atom stereocenters. The summed E-state index contributed by atoms with van der Waals surface area (Å²) in [5.74, 6) is -0.780. The molecule has 60 heavy (non-hydrogen) atoms. The fourth-order valence-electron chi connectivity index (χ4n) is 7.53. The van der Waals surface area contributed by atoms with E-state index in [0.29, 0.717) is 76.8 Å². The second kappa shape index (κ2) is 16.6. The summed E-state index contributed by atoms with van der Waals surface area (Å²) in [5, 5.41) is 26.4. The third-order valence-corrected chi connectivity index (χ3v) is 11.2. The Labute approximate surface area is 344 Å². The van der Waals surface area contributed by atoms with Crippen LogP contribution in [-0.2, 0) is 29.5 Å². The van der Waals surface area contributed by atoms with Crippen LogP contribution in [0, 0.1) is 13.8 Å². The molecule has 2 aromatic carbocycles. The van der Waals surface area contributed by atoms with Gasteiger partial charge >= 0.3 is 0 Å². The number of carbonyl (C=O) groups excluding carboxylic acids is 3. The van der Waals surface area contributed by atoms with E-state index in [9.17, 15) is 27.9 Å². The number of nitrogens with two attached hydrogens (primary N) is 2. The van der Waals surface area contributed by atoms with Crippen molar-refractivity contribution in [3.8, 4) is 11.5 Å². The van der Waals surface area contributed by atoms with Crippen molar-refractivity contribution in [2.75, 3.05) is 35.9 Å². The van der Waals surface area contributed by atoms with Crippen molar-refractivity contribution < 1.29 is 37.4 Å². The van der Waals surface area contributed by atoms with Crippen LogP contribution in [0.25, 0.3) is 22.1 Å². The van der Waals surface area contributed by atoms with Crippen molar-refractivity contribution >= 4 is 61.5 Å². The lowest BCUT2D eigenvalue weighted by Gasteiger charge is -2.28. The van der Waals surface area contributed by atoms with Crippen molar-refractivity contribution in [3.05, 3.63) is 70.3 Å². The van der Waals surface area contributed by atoms with E-state index in [2.05, 4.69) is 20.8 Å². The number of imidazole rings is 2. The lowest BCUT2D eigenvalue weighted by atomic mass is 10.1. The zero-order chi connectivity index (χ0) is 43.0. The summed E-state index contributed by atoms with van der Waals surface area (Å²) in [5.41, 5.74) is 15.8. The Morgan fingerprint density at radius 3 is 2.25 bits per heavy atom. The van der Waals surface area contributed by atoms with Crippen LogP contribution >= 0.6 is 0 Å². The molecule has 5 heterocycles. The molecule has 1 aliphatic heterocycles. The highest BCUT2D eigenvalue weighted by Gasteiger charge is 2.30. The number of hydrogen-bond acceptors (Lipinski definition) is 13. The Bertz CT molecular complexity index is 2750. The molecule has 318 valence electrons. The molecule has 6 aromatic rings. The molecule has 1 aliphatic rings. The maximum atomic E-state index is 13.8. The predicted molar refractivity (Wildman–Crippen MR) is 222 cm³/mol. The first kappa shape index (κ1) is 41.7. The van der Waals surface area contributed by atoms with Crippen LogP contribution in [-0.4, -0.2) is 95.1 Å². The first-order valence-electron chi connectivity index (χ1n) is 19.5. The summed E-state index contributed by atoms with van der Waals surface area (Å²) in [7, 11) is -3.26. The summed E-state index contributed by atoms with van der Waals surface area (Å²) in [6, 6.07) is 9.27. The minimum atomic E-state index is -3.26. The van der Waals surface area contributed by atoms with Gasteiger partial charge in [0.2, 0.25) is 23.7 Å². The van der Waals surface area contributed by atoms with Gasteiger partial charge in [-0.3, -0.25) is 29.1 Å². The largest absolute Gasteiger partial charge is 0.491 e. The molecule has 0 aliphatic carbocycles. The van der Waals surface area contributed by atoms with E-state index in [1.54, 1.807) is 45.1 Å². The van der Waals surface area contributed by atoms with Gasteiger partial charge in [-0.05, 0) is 83.4 Å². The molecular weight excluding hydrogens is 797 g/mol. The minimum Gasteiger partial charge on any atom is -0.491 e. The summed E-state index contributed by atoms with van der Waals surface area (Å²) < 4.78 is 43.1. The maximum Gasteiger partial charge on any atom is 0.276 e. The lowest BCUT2D eigenvalue weighted by molar-refractivity contribution is 0.0991. The third-order valence-electron chi connectivity index (χ3n) is 10.2. The van der Waals surface area contributed by atoms with Crippen molar-refractivity contribution in [2.45, 2.75) is 78.9 Å².